The number of nitrogens with two attached hydrogens (primary N) is 1. The van der Waals surface area contributed by atoms with Gasteiger partial charge in [0.1, 0.15) is 11.5 Å². The molecule has 5 nitrogen and oxygen atoms in total. The zero-order chi connectivity index (χ0) is 12.8. The van der Waals surface area contributed by atoms with E-state index in [0.717, 1.165) is 10.6 Å². The second-order valence-corrected chi connectivity index (χ2v) is 7.61. The maximum Gasteiger partial charge on any atom is 0.152 e. The largest absolute Gasteiger partial charge is 0.384 e. The van der Waals surface area contributed by atoms with Gasteiger partial charge in [0.2, 0.25) is 0 Å². The van der Waals surface area contributed by atoms with Crippen LogP contribution in [0.3, 0.4) is 0 Å². The van der Waals surface area contributed by atoms with E-state index in [0.29, 0.717) is 12.2 Å². The molecule has 2 N–H and O–H groups in total. The van der Waals surface area contributed by atoms with Gasteiger partial charge in [-0.2, -0.15) is 5.10 Å². The van der Waals surface area contributed by atoms with Gasteiger partial charge in [-0.15, -0.1) is 11.3 Å². The first-order valence-electron chi connectivity index (χ1n) is 5.64. The summed E-state index contributed by atoms with van der Waals surface area (Å²) < 4.78 is 24.6. The van der Waals surface area contributed by atoms with E-state index < -0.39 is 9.84 Å². The monoisotopic (exact) mass is 283 g/mol. The van der Waals surface area contributed by atoms with Crippen LogP contribution in [0.15, 0.2) is 23.6 Å². The Morgan fingerprint density at radius 1 is 1.50 bits per heavy atom. The van der Waals surface area contributed by atoms with E-state index in [2.05, 4.69) is 5.10 Å². The minimum Gasteiger partial charge on any atom is -0.384 e. The van der Waals surface area contributed by atoms with Gasteiger partial charge in [-0.25, -0.2) is 13.1 Å². The van der Waals surface area contributed by atoms with Crippen LogP contribution in [0.1, 0.15) is 12.5 Å². The molecule has 1 atom stereocenters. The smallest absolute Gasteiger partial charge is 0.152 e. The third-order valence-corrected chi connectivity index (χ3v) is 5.74. The fourth-order valence-corrected chi connectivity index (χ4v) is 4.59. The van der Waals surface area contributed by atoms with E-state index in [9.17, 15) is 8.42 Å². The van der Waals surface area contributed by atoms with E-state index in [4.69, 9.17) is 5.73 Å². The molecule has 96 valence electrons. The Bertz CT molecular complexity index is 659. The quantitative estimate of drug-likeness (QED) is 0.907. The van der Waals surface area contributed by atoms with Crippen molar-refractivity contribution in [2.45, 2.75) is 12.5 Å². The standard InChI is InChI=1S/C11H13N3O2S2/c12-11-6-9(10-2-1-4-17-10)13-14(11)8-3-5-18(15,16)7-8/h1-2,4,6,8H,3,5,7,12H2/t8-/m0/s1. The number of aromatic nitrogens is 2. The summed E-state index contributed by atoms with van der Waals surface area (Å²) in [5.74, 6) is 0.897. The summed E-state index contributed by atoms with van der Waals surface area (Å²) >= 11 is 1.59. The lowest BCUT2D eigenvalue weighted by atomic mass is 10.3. The van der Waals surface area contributed by atoms with Crippen LogP contribution in [0.2, 0.25) is 0 Å². The average Bonchev–Trinajstić information content (AvgIpc) is 2.97. The van der Waals surface area contributed by atoms with E-state index in [1.165, 1.54) is 0 Å². The number of thiophene rings is 1. The van der Waals surface area contributed by atoms with E-state index in [-0.39, 0.29) is 17.5 Å². The van der Waals surface area contributed by atoms with Crippen LogP contribution >= 0.6 is 11.3 Å². The molecule has 7 heteroatoms. The normalized spacial score (nSPS) is 22.3. The first-order chi connectivity index (χ1) is 8.55. The molecule has 3 rings (SSSR count). The summed E-state index contributed by atoms with van der Waals surface area (Å²) in [5, 5.41) is 6.41. The summed E-state index contributed by atoms with van der Waals surface area (Å²) in [6.45, 7) is 0. The van der Waals surface area contributed by atoms with Gasteiger partial charge in [-0.05, 0) is 17.9 Å². The van der Waals surface area contributed by atoms with Crippen molar-refractivity contribution in [2.24, 2.45) is 0 Å². The number of sulfone groups is 1. The molecule has 0 bridgehead atoms. The summed E-state index contributed by atoms with van der Waals surface area (Å²) in [4.78, 5) is 1.04. The number of rotatable bonds is 2. The van der Waals surface area contributed by atoms with Crippen molar-refractivity contribution < 1.29 is 8.42 Å². The van der Waals surface area contributed by atoms with Gasteiger partial charge < -0.3 is 5.73 Å². The molecule has 3 heterocycles. The maximum absolute atomic E-state index is 11.5. The number of hydrogen-bond donors (Lipinski definition) is 1. The lowest BCUT2D eigenvalue weighted by Gasteiger charge is -2.09. The Hall–Kier alpha value is -1.34. The third-order valence-electron chi connectivity index (χ3n) is 3.09. The first kappa shape index (κ1) is 11.7. The SMILES string of the molecule is Nc1cc(-c2cccs2)nn1[C@H]1CCS(=O)(=O)C1. The van der Waals surface area contributed by atoms with Crippen LogP contribution in [0, 0.1) is 0 Å². The van der Waals surface area contributed by atoms with Crippen LogP contribution < -0.4 is 5.73 Å². The lowest BCUT2D eigenvalue weighted by Crippen LogP contribution is -2.14. The molecule has 18 heavy (non-hydrogen) atoms. The van der Waals surface area contributed by atoms with Crippen LogP contribution in [0.5, 0.6) is 0 Å². The number of anilines is 1. The molecule has 0 amide bonds. The van der Waals surface area contributed by atoms with Gasteiger partial charge in [0.25, 0.3) is 0 Å². The molecule has 0 saturated carbocycles. The van der Waals surface area contributed by atoms with Gasteiger partial charge in [0.05, 0.1) is 22.4 Å². The molecule has 2 aromatic rings. The number of nitrogen functional groups attached to an aromatic ring is 1. The third kappa shape index (κ3) is 2.04. The van der Waals surface area contributed by atoms with Crippen molar-refractivity contribution in [3.63, 3.8) is 0 Å². The lowest BCUT2D eigenvalue weighted by molar-refractivity contribution is 0.508. The Morgan fingerprint density at radius 3 is 2.94 bits per heavy atom. The van der Waals surface area contributed by atoms with Crippen molar-refractivity contribution in [3.8, 4) is 10.6 Å². The highest BCUT2D eigenvalue weighted by molar-refractivity contribution is 7.91. The molecule has 2 aromatic heterocycles. The highest BCUT2D eigenvalue weighted by Gasteiger charge is 2.31. The number of hydrogen-bond acceptors (Lipinski definition) is 5. The minimum atomic E-state index is -2.92. The molecule has 0 radical (unpaired) electrons. The van der Waals surface area contributed by atoms with Crippen molar-refractivity contribution in [1.29, 1.82) is 0 Å². The molecule has 0 unspecified atom stereocenters. The van der Waals surface area contributed by atoms with Crippen molar-refractivity contribution >= 4 is 27.0 Å². The fraction of sp³-hybridized carbons (Fsp3) is 0.364. The zero-order valence-electron chi connectivity index (χ0n) is 9.61. The Morgan fingerprint density at radius 2 is 2.33 bits per heavy atom. The second kappa shape index (κ2) is 4.10. The van der Waals surface area contributed by atoms with Crippen molar-refractivity contribution in [3.05, 3.63) is 23.6 Å². The van der Waals surface area contributed by atoms with Crippen LogP contribution in [0.4, 0.5) is 5.82 Å². The number of nitrogens with zero attached hydrogens (tertiary/aromatic N) is 2. The molecule has 0 spiro atoms. The van der Waals surface area contributed by atoms with Gasteiger partial charge >= 0.3 is 0 Å². The summed E-state index contributed by atoms with van der Waals surface area (Å²) in [6, 6.07) is 5.61. The van der Waals surface area contributed by atoms with E-state index >= 15 is 0 Å². The predicted octanol–water partition coefficient (Wildman–Crippen LogP) is 1.55. The Balaban J connectivity index is 1.95. The van der Waals surface area contributed by atoms with Crippen LogP contribution in [-0.4, -0.2) is 29.7 Å². The van der Waals surface area contributed by atoms with E-state index in [1.54, 1.807) is 22.1 Å². The van der Waals surface area contributed by atoms with Gasteiger partial charge in [-0.1, -0.05) is 6.07 Å². The fourth-order valence-electron chi connectivity index (χ4n) is 2.21. The maximum atomic E-state index is 11.5. The molecule has 0 aliphatic carbocycles. The Labute approximate surface area is 109 Å². The van der Waals surface area contributed by atoms with Gasteiger partial charge in [-0.3, -0.25) is 0 Å². The van der Waals surface area contributed by atoms with Crippen molar-refractivity contribution in [2.75, 3.05) is 17.2 Å². The summed E-state index contributed by atoms with van der Waals surface area (Å²) in [5.41, 5.74) is 6.74. The van der Waals surface area contributed by atoms with Crippen LogP contribution in [0.25, 0.3) is 10.6 Å². The predicted molar refractivity (Wildman–Crippen MR) is 72.3 cm³/mol. The molecular weight excluding hydrogens is 270 g/mol. The minimum absolute atomic E-state index is 0.122. The zero-order valence-corrected chi connectivity index (χ0v) is 11.2. The van der Waals surface area contributed by atoms with Crippen molar-refractivity contribution in [1.82, 2.24) is 9.78 Å². The summed E-state index contributed by atoms with van der Waals surface area (Å²) in [7, 11) is -2.92. The highest BCUT2D eigenvalue weighted by Crippen LogP contribution is 2.30. The molecule has 1 aliphatic rings. The van der Waals surface area contributed by atoms with E-state index in [1.807, 2.05) is 17.5 Å². The van der Waals surface area contributed by atoms with Gasteiger partial charge in [0, 0.05) is 6.07 Å². The summed E-state index contributed by atoms with van der Waals surface area (Å²) in [6.07, 6.45) is 0.595. The Kier molecular flexibility index (Phi) is 2.67. The average molecular weight is 283 g/mol. The molecular formula is C11H13N3O2S2. The second-order valence-electron chi connectivity index (χ2n) is 4.43. The topological polar surface area (TPSA) is 78.0 Å². The highest BCUT2D eigenvalue weighted by atomic mass is 32.2. The first-order valence-corrected chi connectivity index (χ1v) is 8.34. The molecule has 1 saturated heterocycles. The molecule has 1 fully saturated rings. The van der Waals surface area contributed by atoms with Crippen LogP contribution in [-0.2, 0) is 9.84 Å². The molecule has 0 aromatic carbocycles. The van der Waals surface area contributed by atoms with Gasteiger partial charge in [0.15, 0.2) is 9.84 Å². The molecule has 1 aliphatic heterocycles.